The summed E-state index contributed by atoms with van der Waals surface area (Å²) in [5.41, 5.74) is 0. The van der Waals surface area contributed by atoms with Crippen molar-refractivity contribution in [1.82, 2.24) is 4.90 Å². The zero-order valence-corrected chi connectivity index (χ0v) is 7.70. The van der Waals surface area contributed by atoms with E-state index in [9.17, 15) is 4.79 Å². The number of carbonyl (C=O) groups excluding carboxylic acids is 1. The van der Waals surface area contributed by atoms with Crippen molar-refractivity contribution in [3.8, 4) is 0 Å². The lowest BCUT2D eigenvalue weighted by Gasteiger charge is -2.11. The van der Waals surface area contributed by atoms with Crippen molar-refractivity contribution in [3.63, 3.8) is 0 Å². The van der Waals surface area contributed by atoms with Crippen LogP contribution in [0.2, 0.25) is 0 Å². The van der Waals surface area contributed by atoms with Gasteiger partial charge in [-0.15, -0.1) is 6.58 Å². The first-order valence-electron chi connectivity index (χ1n) is 4.30. The number of hydrogen-bond donors (Lipinski definition) is 0. The maximum atomic E-state index is 10.4. The number of carbonyl (C=O) groups is 1. The van der Waals surface area contributed by atoms with E-state index in [2.05, 4.69) is 19.6 Å². The van der Waals surface area contributed by atoms with Gasteiger partial charge in [0, 0.05) is 13.1 Å². The lowest BCUT2D eigenvalue weighted by Crippen LogP contribution is -2.21. The van der Waals surface area contributed by atoms with Gasteiger partial charge in [-0.3, -0.25) is 4.79 Å². The molecule has 12 heavy (non-hydrogen) atoms. The Bertz CT molecular complexity index is 152. The molecular weight excluding hydrogens is 150 g/mol. The molecule has 0 aromatic carbocycles. The molecule has 0 radical (unpaired) electrons. The average molecular weight is 167 g/mol. The molecule has 0 rings (SSSR count). The van der Waals surface area contributed by atoms with Gasteiger partial charge in [-0.2, -0.15) is 0 Å². The standard InChI is InChI=1S/C10H17NO/c1-3-5-6-7-9-11(10-12)8-4-2/h4,6-7,10H,2-3,5,8-9H2,1H3. The van der Waals surface area contributed by atoms with Gasteiger partial charge in [0.15, 0.2) is 0 Å². The number of amides is 1. The summed E-state index contributed by atoms with van der Waals surface area (Å²) < 4.78 is 0. The second kappa shape index (κ2) is 8.05. The molecule has 0 aliphatic carbocycles. The number of rotatable bonds is 7. The quantitative estimate of drug-likeness (QED) is 0.419. The van der Waals surface area contributed by atoms with E-state index < -0.39 is 0 Å². The molecule has 0 fully saturated rings. The van der Waals surface area contributed by atoms with Crippen molar-refractivity contribution < 1.29 is 4.79 Å². The highest BCUT2D eigenvalue weighted by molar-refractivity contribution is 5.47. The van der Waals surface area contributed by atoms with Crippen molar-refractivity contribution in [2.45, 2.75) is 19.8 Å². The average Bonchev–Trinajstić information content (AvgIpc) is 2.10. The summed E-state index contributed by atoms with van der Waals surface area (Å²) >= 11 is 0. The van der Waals surface area contributed by atoms with Crippen LogP contribution < -0.4 is 0 Å². The summed E-state index contributed by atoms with van der Waals surface area (Å²) in [6, 6.07) is 0. The van der Waals surface area contributed by atoms with Crippen LogP contribution in [-0.2, 0) is 4.79 Å². The Hall–Kier alpha value is -1.05. The Balaban J connectivity index is 3.56. The highest BCUT2D eigenvalue weighted by Gasteiger charge is 1.92. The molecule has 0 unspecified atom stereocenters. The Morgan fingerprint density at radius 3 is 2.58 bits per heavy atom. The second-order valence-corrected chi connectivity index (χ2v) is 2.61. The number of hydrogen-bond acceptors (Lipinski definition) is 1. The summed E-state index contributed by atoms with van der Waals surface area (Å²) in [6.07, 6.45) is 8.92. The molecule has 0 aliphatic heterocycles. The van der Waals surface area contributed by atoms with Crippen LogP contribution in [0.15, 0.2) is 24.8 Å². The molecule has 0 aliphatic rings. The maximum absolute atomic E-state index is 10.4. The van der Waals surface area contributed by atoms with Gasteiger partial charge in [0.05, 0.1) is 0 Å². The van der Waals surface area contributed by atoms with E-state index >= 15 is 0 Å². The molecule has 0 saturated heterocycles. The van der Waals surface area contributed by atoms with Crippen LogP contribution in [0.1, 0.15) is 19.8 Å². The van der Waals surface area contributed by atoms with Crippen LogP contribution in [0.3, 0.4) is 0 Å². The molecule has 1 amide bonds. The van der Waals surface area contributed by atoms with Gasteiger partial charge in [-0.1, -0.05) is 31.6 Å². The van der Waals surface area contributed by atoms with E-state index in [4.69, 9.17) is 0 Å². The fourth-order valence-corrected chi connectivity index (χ4v) is 0.821. The summed E-state index contributed by atoms with van der Waals surface area (Å²) in [5.74, 6) is 0. The predicted molar refractivity (Wildman–Crippen MR) is 51.9 cm³/mol. The first-order valence-corrected chi connectivity index (χ1v) is 4.30. The zero-order chi connectivity index (χ0) is 9.23. The molecule has 2 nitrogen and oxygen atoms in total. The second-order valence-electron chi connectivity index (χ2n) is 2.61. The predicted octanol–water partition coefficient (Wildman–Crippen LogP) is 1.99. The highest BCUT2D eigenvalue weighted by Crippen LogP contribution is 1.90. The van der Waals surface area contributed by atoms with Crippen molar-refractivity contribution >= 4 is 6.41 Å². The third kappa shape index (κ3) is 5.71. The van der Waals surface area contributed by atoms with Gasteiger partial charge in [0.2, 0.25) is 6.41 Å². The molecule has 0 bridgehead atoms. The van der Waals surface area contributed by atoms with Crippen LogP contribution in [0.25, 0.3) is 0 Å². The molecule has 0 aromatic rings. The molecule has 0 aromatic heterocycles. The molecule has 0 atom stereocenters. The van der Waals surface area contributed by atoms with E-state index in [0.717, 1.165) is 19.3 Å². The minimum absolute atomic E-state index is 0.625. The topological polar surface area (TPSA) is 20.3 Å². The summed E-state index contributed by atoms with van der Waals surface area (Å²) in [6.45, 7) is 7.01. The monoisotopic (exact) mass is 167 g/mol. The fraction of sp³-hybridized carbons (Fsp3) is 0.500. The third-order valence-electron chi connectivity index (χ3n) is 1.47. The van der Waals surface area contributed by atoms with Gasteiger partial charge in [-0.05, 0) is 6.42 Å². The molecule has 68 valence electrons. The van der Waals surface area contributed by atoms with Crippen LogP contribution in [-0.4, -0.2) is 24.4 Å². The summed E-state index contributed by atoms with van der Waals surface area (Å²) in [5, 5.41) is 0. The summed E-state index contributed by atoms with van der Waals surface area (Å²) in [4.78, 5) is 12.1. The van der Waals surface area contributed by atoms with E-state index in [0.29, 0.717) is 13.1 Å². The van der Waals surface area contributed by atoms with Crippen molar-refractivity contribution in [2.24, 2.45) is 0 Å². The van der Waals surface area contributed by atoms with Gasteiger partial charge < -0.3 is 4.90 Å². The fourth-order valence-electron chi connectivity index (χ4n) is 0.821. The van der Waals surface area contributed by atoms with Crippen LogP contribution >= 0.6 is 0 Å². The normalized spacial score (nSPS) is 10.1. The Morgan fingerprint density at radius 1 is 1.33 bits per heavy atom. The van der Waals surface area contributed by atoms with Gasteiger partial charge >= 0.3 is 0 Å². The minimum atomic E-state index is 0.625. The first-order chi connectivity index (χ1) is 5.85. The molecule has 0 saturated carbocycles. The number of allylic oxidation sites excluding steroid dienone is 1. The maximum Gasteiger partial charge on any atom is 0.210 e. The van der Waals surface area contributed by atoms with Crippen molar-refractivity contribution in [3.05, 3.63) is 24.8 Å². The van der Waals surface area contributed by atoms with E-state index in [1.807, 2.05) is 6.08 Å². The molecule has 2 heteroatoms. The lowest BCUT2D eigenvalue weighted by atomic mass is 10.3. The smallest absolute Gasteiger partial charge is 0.210 e. The van der Waals surface area contributed by atoms with Gasteiger partial charge in [0.1, 0.15) is 0 Å². The van der Waals surface area contributed by atoms with Gasteiger partial charge in [0.25, 0.3) is 0 Å². The van der Waals surface area contributed by atoms with Gasteiger partial charge in [-0.25, -0.2) is 0 Å². The Labute approximate surface area is 74.6 Å². The van der Waals surface area contributed by atoms with E-state index in [1.165, 1.54) is 0 Å². The van der Waals surface area contributed by atoms with E-state index in [-0.39, 0.29) is 0 Å². The third-order valence-corrected chi connectivity index (χ3v) is 1.47. The summed E-state index contributed by atoms with van der Waals surface area (Å²) in [7, 11) is 0. The molecule has 0 N–H and O–H groups in total. The Morgan fingerprint density at radius 2 is 2.08 bits per heavy atom. The lowest BCUT2D eigenvalue weighted by molar-refractivity contribution is -0.117. The van der Waals surface area contributed by atoms with Crippen LogP contribution in [0.4, 0.5) is 0 Å². The number of nitrogens with zero attached hydrogens (tertiary/aromatic N) is 1. The Kier molecular flexibility index (Phi) is 7.35. The largest absolute Gasteiger partial charge is 0.338 e. The zero-order valence-electron chi connectivity index (χ0n) is 7.70. The minimum Gasteiger partial charge on any atom is -0.338 e. The van der Waals surface area contributed by atoms with E-state index in [1.54, 1.807) is 11.0 Å². The molecule has 0 heterocycles. The van der Waals surface area contributed by atoms with Crippen molar-refractivity contribution in [1.29, 1.82) is 0 Å². The SMILES string of the molecule is C=CCN(C=O)CC=CCCC. The van der Waals surface area contributed by atoms with Crippen molar-refractivity contribution in [2.75, 3.05) is 13.1 Å². The highest BCUT2D eigenvalue weighted by atomic mass is 16.1. The van der Waals surface area contributed by atoms with Crippen LogP contribution in [0.5, 0.6) is 0 Å². The molecular formula is C10H17NO. The van der Waals surface area contributed by atoms with Crippen LogP contribution in [0, 0.1) is 0 Å². The number of unbranched alkanes of at least 4 members (excludes halogenated alkanes) is 1. The first kappa shape index (κ1) is 11.0. The molecule has 0 spiro atoms.